The Hall–Kier alpha value is -3.32. The molecule has 3 aromatic rings. The second-order valence-corrected chi connectivity index (χ2v) is 7.50. The van der Waals surface area contributed by atoms with E-state index in [-0.39, 0.29) is 4.90 Å². The maximum atomic E-state index is 12.2. The molecule has 144 valence electrons. The molecule has 0 spiro atoms. The van der Waals surface area contributed by atoms with Gasteiger partial charge in [-0.05, 0) is 42.0 Å². The Labute approximate surface area is 164 Å². The van der Waals surface area contributed by atoms with E-state index in [4.69, 9.17) is 9.47 Å². The zero-order chi connectivity index (χ0) is 19.8. The number of hydrogen-bond donors (Lipinski definition) is 1. The molecule has 0 radical (unpaired) electrons. The smallest absolute Gasteiger partial charge is 0.276 e. The maximum Gasteiger partial charge on any atom is 0.276 e. The Bertz CT molecular complexity index is 1050. The zero-order valence-corrected chi connectivity index (χ0v) is 16.1. The Morgan fingerprint density at radius 3 is 2.50 bits per heavy atom. The van der Waals surface area contributed by atoms with E-state index in [9.17, 15) is 8.42 Å². The fourth-order valence-electron chi connectivity index (χ4n) is 2.46. The van der Waals surface area contributed by atoms with E-state index in [1.54, 1.807) is 37.4 Å². The molecule has 0 amide bonds. The maximum absolute atomic E-state index is 12.2. The van der Waals surface area contributed by atoms with Crippen molar-refractivity contribution in [3.8, 4) is 11.5 Å². The zero-order valence-electron chi connectivity index (χ0n) is 15.3. The number of sulfonamides is 1. The molecule has 0 aromatic heterocycles. The number of ether oxygens (including phenoxy) is 2. The molecule has 0 atom stereocenters. The SMILES string of the molecule is COc1cccc(COc2ccccc2C=NNS(=O)(=O)c2ccccc2)c1. The summed E-state index contributed by atoms with van der Waals surface area (Å²) in [6, 6.07) is 22.9. The van der Waals surface area contributed by atoms with Gasteiger partial charge in [-0.2, -0.15) is 13.5 Å². The molecule has 0 saturated heterocycles. The molecule has 0 aliphatic heterocycles. The Morgan fingerprint density at radius 1 is 0.964 bits per heavy atom. The van der Waals surface area contributed by atoms with Crippen molar-refractivity contribution >= 4 is 16.2 Å². The van der Waals surface area contributed by atoms with E-state index in [1.807, 2.05) is 36.4 Å². The van der Waals surface area contributed by atoms with E-state index in [2.05, 4.69) is 9.93 Å². The minimum atomic E-state index is -3.71. The predicted molar refractivity (Wildman–Crippen MR) is 108 cm³/mol. The Kier molecular flexibility index (Phi) is 6.29. The topological polar surface area (TPSA) is 77.0 Å². The van der Waals surface area contributed by atoms with Crippen molar-refractivity contribution in [2.45, 2.75) is 11.5 Å². The van der Waals surface area contributed by atoms with Gasteiger partial charge in [-0.1, -0.05) is 42.5 Å². The van der Waals surface area contributed by atoms with Crippen LogP contribution in [0.25, 0.3) is 0 Å². The number of benzene rings is 3. The molecule has 3 aromatic carbocycles. The van der Waals surface area contributed by atoms with E-state index in [1.165, 1.54) is 18.3 Å². The highest BCUT2D eigenvalue weighted by Crippen LogP contribution is 2.19. The highest BCUT2D eigenvalue weighted by Gasteiger charge is 2.11. The van der Waals surface area contributed by atoms with Crippen LogP contribution in [0.15, 0.2) is 88.9 Å². The van der Waals surface area contributed by atoms with Crippen LogP contribution in [0.2, 0.25) is 0 Å². The molecule has 0 heterocycles. The van der Waals surface area contributed by atoms with Gasteiger partial charge in [0, 0.05) is 5.56 Å². The summed E-state index contributed by atoms with van der Waals surface area (Å²) in [5.41, 5.74) is 1.61. The molecular formula is C21H20N2O4S. The monoisotopic (exact) mass is 396 g/mol. The van der Waals surface area contributed by atoms with Crippen molar-refractivity contribution < 1.29 is 17.9 Å². The second kappa shape index (κ2) is 9.05. The number of para-hydroxylation sites is 1. The lowest BCUT2D eigenvalue weighted by atomic mass is 10.2. The van der Waals surface area contributed by atoms with Crippen molar-refractivity contribution in [1.29, 1.82) is 0 Å². The first-order valence-corrected chi connectivity index (χ1v) is 10.0. The fourth-order valence-corrected chi connectivity index (χ4v) is 3.27. The van der Waals surface area contributed by atoms with Gasteiger partial charge in [-0.25, -0.2) is 4.83 Å². The molecule has 0 aliphatic carbocycles. The first-order valence-electron chi connectivity index (χ1n) is 8.53. The number of methoxy groups -OCH3 is 1. The summed E-state index contributed by atoms with van der Waals surface area (Å²) in [7, 11) is -2.10. The molecule has 6 nitrogen and oxygen atoms in total. The summed E-state index contributed by atoms with van der Waals surface area (Å²) < 4.78 is 35.5. The quantitative estimate of drug-likeness (QED) is 0.466. The summed E-state index contributed by atoms with van der Waals surface area (Å²) in [5.74, 6) is 1.35. The van der Waals surface area contributed by atoms with Gasteiger partial charge in [0.05, 0.1) is 18.2 Å². The van der Waals surface area contributed by atoms with Crippen LogP contribution in [0.5, 0.6) is 11.5 Å². The summed E-state index contributed by atoms with van der Waals surface area (Å²) >= 11 is 0. The molecule has 0 bridgehead atoms. The molecule has 3 rings (SSSR count). The molecule has 28 heavy (non-hydrogen) atoms. The van der Waals surface area contributed by atoms with Crippen molar-refractivity contribution in [2.24, 2.45) is 5.10 Å². The molecular weight excluding hydrogens is 376 g/mol. The molecule has 7 heteroatoms. The highest BCUT2D eigenvalue weighted by atomic mass is 32.2. The van der Waals surface area contributed by atoms with Gasteiger partial charge in [-0.3, -0.25) is 0 Å². The van der Waals surface area contributed by atoms with Crippen LogP contribution in [0.3, 0.4) is 0 Å². The van der Waals surface area contributed by atoms with E-state index in [0.29, 0.717) is 17.9 Å². The number of nitrogens with zero attached hydrogens (tertiary/aromatic N) is 1. The van der Waals surface area contributed by atoms with Crippen molar-refractivity contribution in [3.63, 3.8) is 0 Å². The normalized spacial score (nSPS) is 11.3. The van der Waals surface area contributed by atoms with Crippen LogP contribution in [-0.2, 0) is 16.6 Å². The third kappa shape index (κ3) is 5.11. The predicted octanol–water partition coefficient (Wildman–Crippen LogP) is 3.59. The van der Waals surface area contributed by atoms with Crippen LogP contribution >= 0.6 is 0 Å². The lowest BCUT2D eigenvalue weighted by Crippen LogP contribution is -2.18. The van der Waals surface area contributed by atoms with Gasteiger partial charge in [0.1, 0.15) is 18.1 Å². The van der Waals surface area contributed by atoms with Crippen LogP contribution < -0.4 is 14.3 Å². The summed E-state index contributed by atoms with van der Waals surface area (Å²) in [6.07, 6.45) is 1.42. The number of nitrogens with one attached hydrogen (secondary N) is 1. The molecule has 0 fully saturated rings. The Balaban J connectivity index is 1.69. The number of hydrazone groups is 1. The average molecular weight is 396 g/mol. The third-order valence-electron chi connectivity index (χ3n) is 3.88. The lowest BCUT2D eigenvalue weighted by molar-refractivity contribution is 0.305. The average Bonchev–Trinajstić information content (AvgIpc) is 2.74. The van der Waals surface area contributed by atoms with Gasteiger partial charge >= 0.3 is 0 Å². The minimum Gasteiger partial charge on any atom is -0.497 e. The van der Waals surface area contributed by atoms with E-state index >= 15 is 0 Å². The van der Waals surface area contributed by atoms with Gasteiger partial charge in [0.2, 0.25) is 0 Å². The number of rotatable bonds is 8. The largest absolute Gasteiger partial charge is 0.497 e. The molecule has 0 aliphatic rings. The molecule has 1 N–H and O–H groups in total. The highest BCUT2D eigenvalue weighted by molar-refractivity contribution is 7.89. The molecule has 0 saturated carbocycles. The third-order valence-corrected chi connectivity index (χ3v) is 5.12. The van der Waals surface area contributed by atoms with E-state index < -0.39 is 10.0 Å². The van der Waals surface area contributed by atoms with E-state index in [0.717, 1.165) is 11.3 Å². The van der Waals surface area contributed by atoms with Crippen LogP contribution in [-0.4, -0.2) is 21.7 Å². The van der Waals surface area contributed by atoms with Gasteiger partial charge in [-0.15, -0.1) is 0 Å². The first-order chi connectivity index (χ1) is 13.6. The van der Waals surface area contributed by atoms with Crippen LogP contribution in [0.1, 0.15) is 11.1 Å². The van der Waals surface area contributed by atoms with Gasteiger partial charge < -0.3 is 9.47 Å². The van der Waals surface area contributed by atoms with Crippen molar-refractivity contribution in [2.75, 3.05) is 7.11 Å². The van der Waals surface area contributed by atoms with Crippen molar-refractivity contribution in [3.05, 3.63) is 90.0 Å². The standard InChI is InChI=1S/C21H20N2O4S/c1-26-19-10-7-8-17(14-19)16-27-21-13-6-5-9-18(21)15-22-23-28(24,25)20-11-3-2-4-12-20/h2-15,23H,16H2,1H3. The van der Waals surface area contributed by atoms with Gasteiger partial charge in [0.15, 0.2) is 0 Å². The van der Waals surface area contributed by atoms with Crippen LogP contribution in [0, 0.1) is 0 Å². The molecule has 0 unspecified atom stereocenters. The summed E-state index contributed by atoms with van der Waals surface area (Å²) in [4.78, 5) is 2.36. The second-order valence-electron chi connectivity index (χ2n) is 5.84. The number of hydrogen-bond acceptors (Lipinski definition) is 5. The first kappa shape index (κ1) is 19.4. The van der Waals surface area contributed by atoms with Gasteiger partial charge in [0.25, 0.3) is 10.0 Å². The van der Waals surface area contributed by atoms with Crippen molar-refractivity contribution in [1.82, 2.24) is 4.83 Å². The Morgan fingerprint density at radius 2 is 1.71 bits per heavy atom. The fraction of sp³-hybridized carbons (Fsp3) is 0.0952. The van der Waals surface area contributed by atoms with Crippen LogP contribution in [0.4, 0.5) is 0 Å². The summed E-state index contributed by atoms with van der Waals surface area (Å²) in [5, 5.41) is 3.87. The summed E-state index contributed by atoms with van der Waals surface area (Å²) in [6.45, 7) is 0.345. The lowest BCUT2D eigenvalue weighted by Gasteiger charge is -2.10. The minimum absolute atomic E-state index is 0.148.